The summed E-state index contributed by atoms with van der Waals surface area (Å²) >= 11 is 0. The fourth-order valence-electron chi connectivity index (χ4n) is 3.47. The molecule has 2 N–H and O–H groups in total. The third-order valence-electron chi connectivity index (χ3n) is 5.02. The zero-order valence-electron chi connectivity index (χ0n) is 16.3. The van der Waals surface area contributed by atoms with E-state index >= 15 is 0 Å². The number of amides is 1. The van der Waals surface area contributed by atoms with Gasteiger partial charge in [-0.1, -0.05) is 60.7 Å². The van der Waals surface area contributed by atoms with Crippen LogP contribution in [0.3, 0.4) is 0 Å². The van der Waals surface area contributed by atoms with Gasteiger partial charge in [0.1, 0.15) is 6.61 Å². The van der Waals surface area contributed by atoms with Gasteiger partial charge in [-0.3, -0.25) is 14.8 Å². The Kier molecular flexibility index (Phi) is 5.32. The zero-order chi connectivity index (χ0) is 21.1. The van der Waals surface area contributed by atoms with Crippen molar-refractivity contribution in [1.29, 1.82) is 0 Å². The lowest BCUT2D eigenvalue weighted by molar-refractivity contribution is 0.0706. The molecule has 30 heavy (non-hydrogen) atoms. The standard InChI is InChI=1S/C24H20N2O4/c1-26-20-10-6-5-9-19(20)21(17-7-3-2-4-8-17)22(24(26)28)30-15-16-11-13-18(14-12-16)23(27)25-29/h2-14,29H,15H2,1H3,(H,25,27). The van der Waals surface area contributed by atoms with Crippen molar-refractivity contribution in [2.24, 2.45) is 7.05 Å². The SMILES string of the molecule is Cn1c(=O)c(OCc2ccc(C(=O)NO)cc2)c(-c2ccccc2)c2ccccc21. The highest BCUT2D eigenvalue weighted by Crippen LogP contribution is 2.34. The monoisotopic (exact) mass is 400 g/mol. The molecule has 0 spiro atoms. The lowest BCUT2D eigenvalue weighted by atomic mass is 10.00. The van der Waals surface area contributed by atoms with Crippen LogP contribution in [0, 0.1) is 0 Å². The van der Waals surface area contributed by atoms with Crippen molar-refractivity contribution in [1.82, 2.24) is 10.0 Å². The summed E-state index contributed by atoms with van der Waals surface area (Å²) in [4.78, 5) is 24.6. The van der Waals surface area contributed by atoms with E-state index < -0.39 is 5.91 Å². The van der Waals surface area contributed by atoms with Gasteiger partial charge in [0.25, 0.3) is 11.5 Å². The number of nitrogens with one attached hydrogen (secondary N) is 1. The second-order valence-electron chi connectivity index (χ2n) is 6.88. The van der Waals surface area contributed by atoms with Crippen LogP contribution in [0.15, 0.2) is 83.7 Å². The highest BCUT2D eigenvalue weighted by molar-refractivity contribution is 5.97. The number of fused-ring (bicyclic) bond motifs is 1. The Morgan fingerprint density at radius 2 is 1.63 bits per heavy atom. The van der Waals surface area contributed by atoms with Crippen LogP contribution in [0.4, 0.5) is 0 Å². The predicted molar refractivity (Wildman–Crippen MR) is 115 cm³/mol. The van der Waals surface area contributed by atoms with Gasteiger partial charge < -0.3 is 9.30 Å². The maximum absolute atomic E-state index is 13.1. The molecule has 0 aliphatic carbocycles. The maximum Gasteiger partial charge on any atom is 0.293 e. The fraction of sp³-hybridized carbons (Fsp3) is 0.0833. The number of ether oxygens (including phenoxy) is 1. The summed E-state index contributed by atoms with van der Waals surface area (Å²) in [6, 6.07) is 24.0. The van der Waals surface area contributed by atoms with Crippen molar-refractivity contribution >= 4 is 16.8 Å². The normalized spacial score (nSPS) is 10.7. The number of carbonyl (C=O) groups is 1. The Hall–Kier alpha value is -3.90. The molecular weight excluding hydrogens is 380 g/mol. The van der Waals surface area contributed by atoms with Crippen LogP contribution in [0.5, 0.6) is 5.75 Å². The molecule has 1 amide bonds. The lowest BCUT2D eigenvalue weighted by Crippen LogP contribution is -2.21. The molecule has 4 aromatic rings. The van der Waals surface area contributed by atoms with Crippen LogP contribution in [-0.4, -0.2) is 15.7 Å². The van der Waals surface area contributed by atoms with Crippen molar-refractivity contribution < 1.29 is 14.7 Å². The zero-order valence-corrected chi connectivity index (χ0v) is 16.3. The molecule has 6 heteroatoms. The average molecular weight is 400 g/mol. The summed E-state index contributed by atoms with van der Waals surface area (Å²) in [6.07, 6.45) is 0. The van der Waals surface area contributed by atoms with Crippen molar-refractivity contribution in [2.45, 2.75) is 6.61 Å². The van der Waals surface area contributed by atoms with Crippen LogP contribution in [0.25, 0.3) is 22.0 Å². The summed E-state index contributed by atoms with van der Waals surface area (Å²) in [5.41, 5.74) is 4.98. The first-order chi connectivity index (χ1) is 14.6. The van der Waals surface area contributed by atoms with E-state index in [0.717, 1.165) is 27.6 Å². The average Bonchev–Trinajstić information content (AvgIpc) is 2.81. The van der Waals surface area contributed by atoms with E-state index in [0.29, 0.717) is 5.56 Å². The third kappa shape index (κ3) is 3.56. The lowest BCUT2D eigenvalue weighted by Gasteiger charge is -2.16. The highest BCUT2D eigenvalue weighted by Gasteiger charge is 2.18. The largest absolute Gasteiger partial charge is 0.483 e. The number of rotatable bonds is 5. The topological polar surface area (TPSA) is 80.6 Å². The first-order valence-corrected chi connectivity index (χ1v) is 9.43. The molecule has 0 saturated heterocycles. The molecule has 3 aromatic carbocycles. The third-order valence-corrected chi connectivity index (χ3v) is 5.02. The van der Waals surface area contributed by atoms with Crippen LogP contribution in [-0.2, 0) is 13.7 Å². The molecule has 0 bridgehead atoms. The molecule has 150 valence electrons. The first-order valence-electron chi connectivity index (χ1n) is 9.43. The van der Waals surface area contributed by atoms with Crippen molar-refractivity contribution in [3.05, 3.63) is 100 Å². The van der Waals surface area contributed by atoms with Crippen LogP contribution in [0.1, 0.15) is 15.9 Å². The van der Waals surface area contributed by atoms with Gasteiger partial charge in [-0.2, -0.15) is 0 Å². The minimum atomic E-state index is -0.586. The molecule has 0 aliphatic heterocycles. The predicted octanol–water partition coefficient (Wildman–Crippen LogP) is 3.90. The number of nitrogens with zero attached hydrogens (tertiary/aromatic N) is 1. The number of hydrogen-bond donors (Lipinski definition) is 2. The minimum Gasteiger partial charge on any atom is -0.483 e. The first kappa shape index (κ1) is 19.4. The van der Waals surface area contributed by atoms with Gasteiger partial charge in [-0.05, 0) is 29.3 Å². The molecule has 6 nitrogen and oxygen atoms in total. The number of benzene rings is 3. The molecule has 0 saturated carbocycles. The molecule has 0 fully saturated rings. The Bertz CT molecular complexity index is 1260. The van der Waals surface area contributed by atoms with E-state index in [9.17, 15) is 9.59 Å². The van der Waals surface area contributed by atoms with E-state index in [1.54, 1.807) is 41.4 Å². The number of para-hydroxylation sites is 1. The van der Waals surface area contributed by atoms with Gasteiger partial charge in [0.2, 0.25) is 0 Å². The summed E-state index contributed by atoms with van der Waals surface area (Å²) in [7, 11) is 1.73. The summed E-state index contributed by atoms with van der Waals surface area (Å²) in [5.74, 6) is -0.309. The summed E-state index contributed by atoms with van der Waals surface area (Å²) < 4.78 is 7.63. The van der Waals surface area contributed by atoms with E-state index in [4.69, 9.17) is 9.94 Å². The van der Waals surface area contributed by atoms with Crippen LogP contribution >= 0.6 is 0 Å². The number of hydrogen-bond acceptors (Lipinski definition) is 4. The Labute approximate surface area is 172 Å². The molecule has 1 aromatic heterocycles. The smallest absolute Gasteiger partial charge is 0.293 e. The number of hydroxylamine groups is 1. The molecule has 0 aliphatic rings. The molecule has 0 unspecified atom stereocenters. The number of aryl methyl sites for hydroxylation is 1. The van der Waals surface area contributed by atoms with E-state index in [2.05, 4.69) is 0 Å². The second kappa shape index (κ2) is 8.23. The second-order valence-corrected chi connectivity index (χ2v) is 6.88. The van der Waals surface area contributed by atoms with Crippen molar-refractivity contribution in [3.8, 4) is 16.9 Å². The molecule has 0 atom stereocenters. The van der Waals surface area contributed by atoms with Crippen LogP contribution < -0.4 is 15.8 Å². The Balaban J connectivity index is 1.78. The Morgan fingerprint density at radius 3 is 2.33 bits per heavy atom. The van der Waals surface area contributed by atoms with Crippen LogP contribution in [0.2, 0.25) is 0 Å². The van der Waals surface area contributed by atoms with Gasteiger partial charge in [0.05, 0.1) is 5.52 Å². The minimum absolute atomic E-state index is 0.161. The van der Waals surface area contributed by atoms with Gasteiger partial charge in [-0.25, -0.2) is 5.48 Å². The maximum atomic E-state index is 13.1. The number of carbonyl (C=O) groups excluding carboxylic acids is 1. The van der Waals surface area contributed by atoms with Crippen molar-refractivity contribution in [2.75, 3.05) is 0 Å². The molecular formula is C24H20N2O4. The van der Waals surface area contributed by atoms with Gasteiger partial charge in [0, 0.05) is 23.6 Å². The molecule has 0 radical (unpaired) electrons. The quantitative estimate of drug-likeness (QED) is 0.393. The molecule has 4 rings (SSSR count). The van der Waals surface area contributed by atoms with Gasteiger partial charge >= 0.3 is 0 Å². The fourth-order valence-corrected chi connectivity index (χ4v) is 3.47. The molecule has 1 heterocycles. The van der Waals surface area contributed by atoms with E-state index in [1.165, 1.54) is 0 Å². The Morgan fingerprint density at radius 1 is 0.967 bits per heavy atom. The number of aromatic nitrogens is 1. The van der Waals surface area contributed by atoms with E-state index in [1.807, 2.05) is 54.6 Å². The summed E-state index contributed by atoms with van der Waals surface area (Å²) in [6.45, 7) is 0.161. The highest BCUT2D eigenvalue weighted by atomic mass is 16.5. The van der Waals surface area contributed by atoms with Gasteiger partial charge in [-0.15, -0.1) is 0 Å². The van der Waals surface area contributed by atoms with Gasteiger partial charge in [0.15, 0.2) is 5.75 Å². The summed E-state index contributed by atoms with van der Waals surface area (Å²) in [5, 5.41) is 9.66. The number of pyridine rings is 1. The van der Waals surface area contributed by atoms with Crippen molar-refractivity contribution in [3.63, 3.8) is 0 Å². The van der Waals surface area contributed by atoms with E-state index in [-0.39, 0.29) is 17.9 Å².